The van der Waals surface area contributed by atoms with Crippen molar-refractivity contribution in [2.24, 2.45) is 5.73 Å². The fourth-order valence-electron chi connectivity index (χ4n) is 3.54. The third-order valence-corrected chi connectivity index (χ3v) is 6.04. The van der Waals surface area contributed by atoms with E-state index >= 15 is 0 Å². The molecule has 2 unspecified atom stereocenters. The van der Waals surface area contributed by atoms with Gasteiger partial charge in [0.2, 0.25) is 11.8 Å². The molecule has 2 atom stereocenters. The van der Waals surface area contributed by atoms with Crippen molar-refractivity contribution in [2.75, 3.05) is 27.3 Å². The van der Waals surface area contributed by atoms with E-state index in [0.717, 1.165) is 24.0 Å². The SMILES string of the molecule is CC(CO)NC(=O)c1cccc(/C=C\CCC(=O)N(C)C)c1.CC(CO)NC(=O)c1cccc(/C=C\CCCC(N)=O)c1. The molecule has 0 heterocycles. The molecule has 0 radical (unpaired) electrons. The Bertz CT molecular complexity index is 1240. The van der Waals surface area contributed by atoms with Crippen LogP contribution in [0.25, 0.3) is 12.2 Å². The third kappa shape index (κ3) is 16.1. The Balaban J connectivity index is 0.000000430. The van der Waals surface area contributed by atoms with Gasteiger partial charge in [-0.2, -0.15) is 0 Å². The van der Waals surface area contributed by atoms with Crippen LogP contribution in [0.3, 0.4) is 0 Å². The Morgan fingerprint density at radius 2 is 1.26 bits per heavy atom. The fraction of sp³-hybridized carbons (Fsp3) is 0.394. The number of nitrogens with two attached hydrogens (primary N) is 1. The van der Waals surface area contributed by atoms with Gasteiger partial charge in [-0.1, -0.05) is 48.6 Å². The molecule has 0 aliphatic carbocycles. The molecule has 6 N–H and O–H groups in total. The summed E-state index contributed by atoms with van der Waals surface area (Å²) in [5.41, 5.74) is 7.98. The molecule has 0 saturated carbocycles. The zero-order valence-corrected chi connectivity index (χ0v) is 25.6. The van der Waals surface area contributed by atoms with E-state index in [0.29, 0.717) is 30.4 Å². The van der Waals surface area contributed by atoms with Gasteiger partial charge in [0.15, 0.2) is 0 Å². The van der Waals surface area contributed by atoms with Crippen LogP contribution in [0.4, 0.5) is 0 Å². The highest BCUT2D eigenvalue weighted by Crippen LogP contribution is 2.10. The maximum absolute atomic E-state index is 12.0. The smallest absolute Gasteiger partial charge is 0.251 e. The summed E-state index contributed by atoms with van der Waals surface area (Å²) >= 11 is 0. The largest absolute Gasteiger partial charge is 0.394 e. The molecule has 0 aliphatic heterocycles. The average molecular weight is 595 g/mol. The van der Waals surface area contributed by atoms with Gasteiger partial charge >= 0.3 is 0 Å². The number of primary amides is 1. The van der Waals surface area contributed by atoms with Crippen LogP contribution in [0.15, 0.2) is 60.7 Å². The Morgan fingerprint density at radius 1 is 0.791 bits per heavy atom. The Kier molecular flexibility index (Phi) is 17.6. The van der Waals surface area contributed by atoms with Gasteiger partial charge in [0.25, 0.3) is 11.8 Å². The number of nitrogens with zero attached hydrogens (tertiary/aromatic N) is 1. The van der Waals surface area contributed by atoms with Gasteiger partial charge in [0.05, 0.1) is 13.2 Å². The van der Waals surface area contributed by atoms with Gasteiger partial charge in [-0.3, -0.25) is 19.2 Å². The van der Waals surface area contributed by atoms with Crippen molar-refractivity contribution >= 4 is 35.8 Å². The lowest BCUT2D eigenvalue weighted by Crippen LogP contribution is -2.34. The number of hydrogen-bond donors (Lipinski definition) is 5. The number of allylic oxidation sites excluding steroid dienone is 2. The van der Waals surface area contributed by atoms with Crippen LogP contribution in [0, 0.1) is 0 Å². The van der Waals surface area contributed by atoms with Crippen molar-refractivity contribution < 1.29 is 29.4 Å². The number of carbonyl (C=O) groups excluding carboxylic acids is 4. The fourth-order valence-corrected chi connectivity index (χ4v) is 3.54. The molecule has 10 heteroatoms. The molecule has 43 heavy (non-hydrogen) atoms. The van der Waals surface area contributed by atoms with E-state index in [1.54, 1.807) is 57.1 Å². The number of amides is 4. The highest BCUT2D eigenvalue weighted by atomic mass is 16.3. The van der Waals surface area contributed by atoms with Crippen molar-refractivity contribution in [1.82, 2.24) is 15.5 Å². The maximum atomic E-state index is 12.0. The normalized spacial score (nSPS) is 12.2. The number of unbranched alkanes of at least 4 members (excludes halogenated alkanes) is 1. The molecule has 0 bridgehead atoms. The Labute approximate surface area is 254 Å². The van der Waals surface area contributed by atoms with Gasteiger partial charge in [0, 0.05) is 50.1 Å². The van der Waals surface area contributed by atoms with E-state index < -0.39 is 0 Å². The zero-order chi connectivity index (χ0) is 32.2. The highest BCUT2D eigenvalue weighted by Gasteiger charge is 2.10. The lowest BCUT2D eigenvalue weighted by atomic mass is 10.1. The predicted octanol–water partition coefficient (Wildman–Crippen LogP) is 3.14. The van der Waals surface area contributed by atoms with Gasteiger partial charge in [-0.05, 0) is 68.5 Å². The first-order valence-corrected chi connectivity index (χ1v) is 14.3. The van der Waals surface area contributed by atoms with Crippen LogP contribution in [-0.4, -0.2) is 78.1 Å². The van der Waals surface area contributed by atoms with E-state index in [1.807, 2.05) is 48.6 Å². The molecular formula is C33H46N4O6. The molecule has 4 amide bonds. The number of nitrogens with one attached hydrogen (secondary N) is 2. The second kappa shape index (κ2) is 20.6. The van der Waals surface area contributed by atoms with Gasteiger partial charge in [-0.15, -0.1) is 0 Å². The maximum Gasteiger partial charge on any atom is 0.251 e. The molecular weight excluding hydrogens is 548 g/mol. The molecule has 10 nitrogen and oxygen atoms in total. The second-order valence-corrected chi connectivity index (χ2v) is 10.4. The number of aliphatic hydroxyl groups is 2. The molecule has 2 aromatic carbocycles. The predicted molar refractivity (Wildman–Crippen MR) is 170 cm³/mol. The summed E-state index contributed by atoms with van der Waals surface area (Å²) in [5.74, 6) is -0.615. The lowest BCUT2D eigenvalue weighted by Gasteiger charge is -2.11. The number of carbonyl (C=O) groups is 4. The van der Waals surface area contributed by atoms with Crippen LogP contribution in [-0.2, 0) is 9.59 Å². The van der Waals surface area contributed by atoms with E-state index in [2.05, 4.69) is 10.6 Å². The number of hydrogen-bond acceptors (Lipinski definition) is 6. The van der Waals surface area contributed by atoms with Crippen LogP contribution in [0.5, 0.6) is 0 Å². The molecule has 0 aromatic heterocycles. The summed E-state index contributed by atoms with van der Waals surface area (Å²) in [6.45, 7) is 3.29. The molecule has 234 valence electrons. The van der Waals surface area contributed by atoms with Gasteiger partial charge < -0.3 is 31.5 Å². The minimum atomic E-state index is -0.292. The molecule has 0 fully saturated rings. The lowest BCUT2D eigenvalue weighted by molar-refractivity contribution is -0.128. The summed E-state index contributed by atoms with van der Waals surface area (Å²) in [4.78, 5) is 47.5. The van der Waals surface area contributed by atoms with Crippen LogP contribution in [0.2, 0.25) is 0 Å². The minimum Gasteiger partial charge on any atom is -0.394 e. The number of benzene rings is 2. The Morgan fingerprint density at radius 3 is 1.67 bits per heavy atom. The monoisotopic (exact) mass is 594 g/mol. The van der Waals surface area contributed by atoms with Gasteiger partial charge in [0.1, 0.15) is 0 Å². The van der Waals surface area contributed by atoms with Crippen molar-refractivity contribution in [2.45, 2.75) is 58.0 Å². The summed E-state index contributed by atoms with van der Waals surface area (Å²) in [6, 6.07) is 13.9. The van der Waals surface area contributed by atoms with Crippen molar-refractivity contribution in [3.8, 4) is 0 Å². The zero-order valence-electron chi connectivity index (χ0n) is 25.6. The molecule has 0 spiro atoms. The van der Waals surface area contributed by atoms with Crippen LogP contribution in [0.1, 0.15) is 77.8 Å². The summed E-state index contributed by atoms with van der Waals surface area (Å²) in [7, 11) is 3.48. The molecule has 2 aromatic rings. The van der Waals surface area contributed by atoms with Crippen LogP contribution >= 0.6 is 0 Å². The quantitative estimate of drug-likeness (QED) is 0.199. The molecule has 2 rings (SSSR count). The summed E-state index contributed by atoms with van der Waals surface area (Å²) in [5, 5.41) is 23.3. The topological polar surface area (TPSA) is 162 Å². The number of aliphatic hydroxyl groups excluding tert-OH is 2. The highest BCUT2D eigenvalue weighted by molar-refractivity contribution is 5.95. The summed E-state index contributed by atoms with van der Waals surface area (Å²) < 4.78 is 0. The summed E-state index contributed by atoms with van der Waals surface area (Å²) in [6.07, 6.45) is 10.7. The first-order valence-electron chi connectivity index (χ1n) is 14.3. The first kappa shape index (κ1) is 36.7. The van der Waals surface area contributed by atoms with Crippen molar-refractivity contribution in [1.29, 1.82) is 0 Å². The average Bonchev–Trinajstić information content (AvgIpc) is 2.99. The third-order valence-electron chi connectivity index (χ3n) is 6.04. The second-order valence-electron chi connectivity index (χ2n) is 10.4. The first-order chi connectivity index (χ1) is 20.5. The Hall–Kier alpha value is -4.28. The standard InChI is InChI=1S/C17H24N2O3.C16H22N2O3/c1-13(12-20)18-17(22)15-9-6-8-14(11-15)7-4-5-10-16(21)19(2)3;1-12(11-19)18-16(21)14-8-5-7-13(10-14)6-3-2-4-9-15(17)20/h4,6-9,11,13,20H,5,10,12H2,1-3H3,(H,18,22);3,5-8,10,12,19H,2,4,9,11H2,1H3,(H2,17,20)(H,18,21)/b7-4-;6-3-. The molecule has 0 saturated heterocycles. The van der Waals surface area contributed by atoms with Crippen LogP contribution < -0.4 is 16.4 Å². The van der Waals surface area contributed by atoms with Gasteiger partial charge in [-0.25, -0.2) is 0 Å². The van der Waals surface area contributed by atoms with E-state index in [1.165, 1.54) is 0 Å². The van der Waals surface area contributed by atoms with Crippen molar-refractivity contribution in [3.63, 3.8) is 0 Å². The minimum absolute atomic E-state index is 0.0920. The van der Waals surface area contributed by atoms with E-state index in [9.17, 15) is 19.2 Å². The van der Waals surface area contributed by atoms with E-state index in [-0.39, 0.29) is 48.9 Å². The van der Waals surface area contributed by atoms with Crippen molar-refractivity contribution in [3.05, 3.63) is 82.9 Å². The number of rotatable bonds is 15. The molecule has 0 aliphatic rings. The van der Waals surface area contributed by atoms with E-state index in [4.69, 9.17) is 15.9 Å².